The Kier molecular flexibility index (Phi) is 6.73. The summed E-state index contributed by atoms with van der Waals surface area (Å²) in [5, 5.41) is 0. The molecule has 1 rings (SSSR count). The van der Waals surface area contributed by atoms with Gasteiger partial charge in [-0.3, -0.25) is 0 Å². The van der Waals surface area contributed by atoms with E-state index in [2.05, 4.69) is 0 Å². The number of hydrogen-bond acceptors (Lipinski definition) is 5. The van der Waals surface area contributed by atoms with Gasteiger partial charge in [0.2, 0.25) is 0 Å². The van der Waals surface area contributed by atoms with Crippen LogP contribution in [0, 0.1) is 0 Å². The van der Waals surface area contributed by atoms with Crippen molar-refractivity contribution in [2.75, 3.05) is 31.3 Å². The van der Waals surface area contributed by atoms with Crippen molar-refractivity contribution in [1.82, 2.24) is 0 Å². The van der Waals surface area contributed by atoms with Gasteiger partial charge in [0.05, 0.1) is 11.4 Å². The predicted molar refractivity (Wildman–Crippen MR) is 75.9 cm³/mol. The first kappa shape index (κ1) is 16.9. The van der Waals surface area contributed by atoms with E-state index in [9.17, 15) is 8.42 Å². The standard InChI is InChI=1S/C13H27NO4S/c1-3-18-13(7-9-17-10-8-13)12(14)6-5-11-19(15,16)4-2/h12H,3-11,14H2,1-2H3. The van der Waals surface area contributed by atoms with Crippen LogP contribution < -0.4 is 5.73 Å². The van der Waals surface area contributed by atoms with Gasteiger partial charge >= 0.3 is 0 Å². The van der Waals surface area contributed by atoms with E-state index in [-0.39, 0.29) is 23.1 Å². The van der Waals surface area contributed by atoms with Crippen LogP contribution in [0.5, 0.6) is 0 Å². The summed E-state index contributed by atoms with van der Waals surface area (Å²) in [6, 6.07) is -0.122. The van der Waals surface area contributed by atoms with Crippen LogP contribution in [0.25, 0.3) is 0 Å². The predicted octanol–water partition coefficient (Wildman–Crippen LogP) is 1.11. The first-order valence-electron chi connectivity index (χ1n) is 7.13. The second-order valence-corrected chi connectivity index (χ2v) is 7.57. The summed E-state index contributed by atoms with van der Waals surface area (Å²) < 4.78 is 34.2. The van der Waals surface area contributed by atoms with E-state index >= 15 is 0 Å². The van der Waals surface area contributed by atoms with Gasteiger partial charge in [-0.25, -0.2) is 8.42 Å². The van der Waals surface area contributed by atoms with Gasteiger partial charge in [-0.15, -0.1) is 0 Å². The molecule has 0 aromatic carbocycles. The van der Waals surface area contributed by atoms with Crippen molar-refractivity contribution in [3.05, 3.63) is 0 Å². The molecule has 2 N–H and O–H groups in total. The molecule has 1 heterocycles. The van der Waals surface area contributed by atoms with E-state index in [1.807, 2.05) is 6.92 Å². The lowest BCUT2D eigenvalue weighted by Gasteiger charge is -2.41. The van der Waals surface area contributed by atoms with E-state index in [1.165, 1.54) is 0 Å². The average Bonchev–Trinajstić information content (AvgIpc) is 2.40. The summed E-state index contributed by atoms with van der Waals surface area (Å²) in [6.45, 7) is 5.60. The van der Waals surface area contributed by atoms with Gasteiger partial charge in [-0.1, -0.05) is 6.92 Å². The maximum atomic E-state index is 11.5. The first-order chi connectivity index (χ1) is 8.96. The fraction of sp³-hybridized carbons (Fsp3) is 1.00. The Hall–Kier alpha value is -0.170. The molecule has 0 aromatic rings. The minimum Gasteiger partial charge on any atom is -0.381 e. The lowest BCUT2D eigenvalue weighted by molar-refractivity contribution is -0.121. The first-order valence-corrected chi connectivity index (χ1v) is 8.95. The molecule has 0 radical (unpaired) electrons. The zero-order valence-electron chi connectivity index (χ0n) is 12.1. The van der Waals surface area contributed by atoms with Crippen LogP contribution in [-0.2, 0) is 19.3 Å². The maximum Gasteiger partial charge on any atom is 0.150 e. The highest BCUT2D eigenvalue weighted by Gasteiger charge is 2.38. The second kappa shape index (κ2) is 7.57. The van der Waals surface area contributed by atoms with Crippen LogP contribution in [0.2, 0.25) is 0 Å². The van der Waals surface area contributed by atoms with Crippen LogP contribution in [0.3, 0.4) is 0 Å². The topological polar surface area (TPSA) is 78.6 Å². The Morgan fingerprint density at radius 2 is 1.95 bits per heavy atom. The number of rotatable bonds is 8. The summed E-state index contributed by atoms with van der Waals surface area (Å²) in [6.07, 6.45) is 2.87. The van der Waals surface area contributed by atoms with Crippen molar-refractivity contribution in [2.45, 2.75) is 51.2 Å². The molecule has 1 unspecified atom stereocenters. The molecule has 114 valence electrons. The quantitative estimate of drug-likeness (QED) is 0.725. The Morgan fingerprint density at radius 1 is 1.32 bits per heavy atom. The van der Waals surface area contributed by atoms with Gasteiger partial charge < -0.3 is 15.2 Å². The van der Waals surface area contributed by atoms with Gasteiger partial charge in [0.25, 0.3) is 0 Å². The summed E-state index contributed by atoms with van der Waals surface area (Å²) in [5.41, 5.74) is 5.93. The van der Waals surface area contributed by atoms with Gasteiger partial charge in [-0.05, 0) is 19.8 Å². The van der Waals surface area contributed by atoms with E-state index in [0.29, 0.717) is 32.7 Å². The highest BCUT2D eigenvalue weighted by atomic mass is 32.2. The molecular formula is C13H27NO4S. The fourth-order valence-corrected chi connectivity index (χ4v) is 3.45. The number of hydrogen-bond donors (Lipinski definition) is 1. The molecule has 19 heavy (non-hydrogen) atoms. The third kappa shape index (κ3) is 5.02. The smallest absolute Gasteiger partial charge is 0.150 e. The molecule has 1 saturated heterocycles. The molecule has 0 saturated carbocycles. The number of nitrogens with two attached hydrogens (primary N) is 1. The normalized spacial score (nSPS) is 21.2. The van der Waals surface area contributed by atoms with Crippen LogP contribution in [-0.4, -0.2) is 51.4 Å². The Bertz CT molecular complexity index is 344. The zero-order valence-corrected chi connectivity index (χ0v) is 12.9. The van der Waals surface area contributed by atoms with Gasteiger partial charge in [0.15, 0.2) is 0 Å². The molecule has 0 aliphatic carbocycles. The molecule has 6 heteroatoms. The van der Waals surface area contributed by atoms with Crippen molar-refractivity contribution in [2.24, 2.45) is 5.73 Å². The summed E-state index contributed by atoms with van der Waals surface area (Å²) in [5.74, 6) is 0.419. The highest BCUT2D eigenvalue weighted by Crippen LogP contribution is 2.30. The summed E-state index contributed by atoms with van der Waals surface area (Å²) in [7, 11) is -2.90. The van der Waals surface area contributed by atoms with E-state index < -0.39 is 9.84 Å². The highest BCUT2D eigenvalue weighted by molar-refractivity contribution is 7.91. The number of sulfone groups is 1. The largest absolute Gasteiger partial charge is 0.381 e. The van der Waals surface area contributed by atoms with Crippen LogP contribution in [0.15, 0.2) is 0 Å². The van der Waals surface area contributed by atoms with Crippen LogP contribution in [0.4, 0.5) is 0 Å². The maximum absolute atomic E-state index is 11.5. The summed E-state index contributed by atoms with van der Waals surface area (Å²) >= 11 is 0. The second-order valence-electron chi connectivity index (χ2n) is 5.10. The molecular weight excluding hydrogens is 266 g/mol. The lowest BCUT2D eigenvalue weighted by Crippen LogP contribution is -2.53. The van der Waals surface area contributed by atoms with Crippen LogP contribution >= 0.6 is 0 Å². The Labute approximate surface area is 116 Å². The third-order valence-corrected chi connectivity index (χ3v) is 5.65. The van der Waals surface area contributed by atoms with Crippen molar-refractivity contribution in [3.8, 4) is 0 Å². The monoisotopic (exact) mass is 293 g/mol. The molecule has 0 amide bonds. The molecule has 1 aliphatic heterocycles. The van der Waals surface area contributed by atoms with Gasteiger partial charge in [-0.2, -0.15) is 0 Å². The summed E-state index contributed by atoms with van der Waals surface area (Å²) in [4.78, 5) is 0. The zero-order chi connectivity index (χ0) is 14.4. The van der Waals surface area contributed by atoms with E-state index in [1.54, 1.807) is 6.92 Å². The van der Waals surface area contributed by atoms with Crippen molar-refractivity contribution in [1.29, 1.82) is 0 Å². The SMILES string of the molecule is CCOC1(C(N)CCCS(=O)(=O)CC)CCOCC1. The molecule has 1 atom stereocenters. The molecule has 1 fully saturated rings. The van der Waals surface area contributed by atoms with Crippen molar-refractivity contribution < 1.29 is 17.9 Å². The molecule has 1 aliphatic rings. The Balaban J connectivity index is 2.50. The molecule has 0 aromatic heterocycles. The van der Waals surface area contributed by atoms with E-state index in [4.69, 9.17) is 15.2 Å². The van der Waals surface area contributed by atoms with Crippen LogP contribution in [0.1, 0.15) is 39.5 Å². The minimum absolute atomic E-state index is 0.122. The average molecular weight is 293 g/mol. The van der Waals surface area contributed by atoms with E-state index in [0.717, 1.165) is 12.8 Å². The fourth-order valence-electron chi connectivity index (χ4n) is 2.56. The number of ether oxygens (including phenoxy) is 2. The molecule has 0 spiro atoms. The lowest BCUT2D eigenvalue weighted by atomic mass is 9.84. The Morgan fingerprint density at radius 3 is 2.47 bits per heavy atom. The molecule has 5 nitrogen and oxygen atoms in total. The van der Waals surface area contributed by atoms with Crippen molar-refractivity contribution >= 4 is 9.84 Å². The third-order valence-electron chi connectivity index (χ3n) is 3.86. The van der Waals surface area contributed by atoms with Gasteiger partial charge in [0, 0.05) is 44.5 Å². The minimum atomic E-state index is -2.90. The van der Waals surface area contributed by atoms with Gasteiger partial charge in [0.1, 0.15) is 9.84 Å². The molecule has 0 bridgehead atoms. The van der Waals surface area contributed by atoms with Crippen molar-refractivity contribution in [3.63, 3.8) is 0 Å².